The molecule has 2 rings (SSSR count). The van der Waals surface area contributed by atoms with Gasteiger partial charge in [-0.3, -0.25) is 4.98 Å². The van der Waals surface area contributed by atoms with Gasteiger partial charge < -0.3 is 14.6 Å². The number of carboxylic acid groups (broad SMARTS) is 1. The Kier molecular flexibility index (Phi) is 3.97. The van der Waals surface area contributed by atoms with Gasteiger partial charge in [0, 0.05) is 11.8 Å². The normalized spacial score (nSPS) is 9.95. The van der Waals surface area contributed by atoms with Gasteiger partial charge in [-0.05, 0) is 12.1 Å². The highest BCUT2D eigenvalue weighted by atomic mass is 16.5. The third kappa shape index (κ3) is 3.01. The highest BCUT2D eigenvalue weighted by Gasteiger charge is 2.11. The molecule has 1 N–H and O–H groups in total. The zero-order chi connectivity index (χ0) is 13.7. The molecule has 0 fully saturated rings. The summed E-state index contributed by atoms with van der Waals surface area (Å²) in [5, 5.41) is 9.03. The fraction of sp³-hybridized carbons (Fsp3) is 0.143. The molecule has 5 nitrogen and oxygen atoms in total. The monoisotopic (exact) mass is 259 g/mol. The lowest BCUT2D eigenvalue weighted by Gasteiger charge is -2.11. The molecule has 0 saturated heterocycles. The van der Waals surface area contributed by atoms with Crippen molar-refractivity contribution in [3.05, 3.63) is 53.9 Å². The van der Waals surface area contributed by atoms with E-state index >= 15 is 0 Å². The van der Waals surface area contributed by atoms with Crippen LogP contribution in [0.3, 0.4) is 0 Å². The van der Waals surface area contributed by atoms with Crippen LogP contribution in [0.1, 0.15) is 15.9 Å². The van der Waals surface area contributed by atoms with Crippen molar-refractivity contribution >= 4 is 5.97 Å². The number of para-hydroxylation sites is 1. The minimum Gasteiger partial charge on any atom is -0.496 e. The Morgan fingerprint density at radius 1 is 1.26 bits per heavy atom. The fourth-order valence-corrected chi connectivity index (χ4v) is 1.65. The number of nitrogens with zero attached hydrogens (tertiary/aromatic N) is 1. The molecule has 0 unspecified atom stereocenters. The molecular weight excluding hydrogens is 246 g/mol. The van der Waals surface area contributed by atoms with Gasteiger partial charge in [0.05, 0.1) is 13.3 Å². The lowest BCUT2D eigenvalue weighted by Crippen LogP contribution is -2.04. The number of methoxy groups -OCH3 is 1. The Bertz CT molecular complexity index is 583. The van der Waals surface area contributed by atoms with Gasteiger partial charge in [0.25, 0.3) is 0 Å². The Balaban J connectivity index is 2.17. The summed E-state index contributed by atoms with van der Waals surface area (Å²) >= 11 is 0. The minimum absolute atomic E-state index is 0.0879. The number of pyridine rings is 1. The Morgan fingerprint density at radius 3 is 2.79 bits per heavy atom. The average molecular weight is 259 g/mol. The number of hydrogen-bond acceptors (Lipinski definition) is 4. The average Bonchev–Trinajstić information content (AvgIpc) is 2.45. The van der Waals surface area contributed by atoms with E-state index in [1.807, 2.05) is 24.3 Å². The van der Waals surface area contributed by atoms with Crippen molar-refractivity contribution in [2.75, 3.05) is 7.11 Å². The Hall–Kier alpha value is -2.56. The number of aromatic carboxylic acids is 1. The van der Waals surface area contributed by atoms with Crippen molar-refractivity contribution in [1.82, 2.24) is 4.98 Å². The first kappa shape index (κ1) is 12.9. The molecule has 0 aliphatic rings. The quantitative estimate of drug-likeness (QED) is 0.892. The van der Waals surface area contributed by atoms with E-state index in [1.165, 1.54) is 18.5 Å². The molecule has 0 aliphatic heterocycles. The van der Waals surface area contributed by atoms with Crippen molar-refractivity contribution in [2.24, 2.45) is 0 Å². The number of benzene rings is 1. The number of aromatic nitrogens is 1. The molecule has 0 atom stereocenters. The first-order valence-corrected chi connectivity index (χ1v) is 5.64. The second-order valence-corrected chi connectivity index (χ2v) is 3.78. The third-order valence-electron chi connectivity index (χ3n) is 2.59. The smallest absolute Gasteiger partial charge is 0.339 e. The van der Waals surface area contributed by atoms with Crippen LogP contribution in [0.4, 0.5) is 0 Å². The van der Waals surface area contributed by atoms with Gasteiger partial charge in [-0.2, -0.15) is 0 Å². The van der Waals surface area contributed by atoms with Crippen LogP contribution in [0.25, 0.3) is 0 Å². The van der Waals surface area contributed by atoms with Crippen molar-refractivity contribution in [1.29, 1.82) is 0 Å². The van der Waals surface area contributed by atoms with Gasteiger partial charge in [-0.25, -0.2) is 4.79 Å². The molecule has 19 heavy (non-hydrogen) atoms. The van der Waals surface area contributed by atoms with Crippen LogP contribution in [0.2, 0.25) is 0 Å². The van der Waals surface area contributed by atoms with Gasteiger partial charge in [0.15, 0.2) is 5.75 Å². The maximum absolute atomic E-state index is 11.0. The molecule has 98 valence electrons. The van der Waals surface area contributed by atoms with E-state index in [-0.39, 0.29) is 17.9 Å². The summed E-state index contributed by atoms with van der Waals surface area (Å²) in [5.74, 6) is -0.110. The molecule has 1 aromatic carbocycles. The number of rotatable bonds is 5. The topological polar surface area (TPSA) is 68.7 Å². The molecule has 0 saturated carbocycles. The zero-order valence-corrected chi connectivity index (χ0v) is 10.4. The molecule has 0 bridgehead atoms. The van der Waals surface area contributed by atoms with Crippen LogP contribution in [-0.4, -0.2) is 23.2 Å². The summed E-state index contributed by atoms with van der Waals surface area (Å²) in [6, 6.07) is 8.80. The van der Waals surface area contributed by atoms with Crippen LogP contribution in [-0.2, 0) is 6.61 Å². The largest absolute Gasteiger partial charge is 0.496 e. The van der Waals surface area contributed by atoms with Crippen molar-refractivity contribution < 1.29 is 19.4 Å². The first-order chi connectivity index (χ1) is 9.22. The predicted octanol–water partition coefficient (Wildman–Crippen LogP) is 2.37. The van der Waals surface area contributed by atoms with Crippen LogP contribution >= 0.6 is 0 Å². The van der Waals surface area contributed by atoms with Crippen LogP contribution in [0.15, 0.2) is 42.7 Å². The summed E-state index contributed by atoms with van der Waals surface area (Å²) in [7, 11) is 1.57. The van der Waals surface area contributed by atoms with Crippen LogP contribution in [0.5, 0.6) is 11.5 Å². The standard InChI is InChI=1S/C14H13NO4/c1-18-12-5-3-2-4-10(12)9-19-13-8-15-7-6-11(13)14(16)17/h2-8H,9H2,1H3,(H,16,17). The van der Waals surface area contributed by atoms with E-state index in [9.17, 15) is 4.79 Å². The molecule has 0 radical (unpaired) electrons. The van der Waals surface area contributed by atoms with E-state index in [0.29, 0.717) is 5.75 Å². The third-order valence-corrected chi connectivity index (χ3v) is 2.59. The number of hydrogen-bond donors (Lipinski definition) is 1. The second kappa shape index (κ2) is 5.86. The molecule has 0 spiro atoms. The van der Waals surface area contributed by atoms with Crippen LogP contribution in [0, 0.1) is 0 Å². The Labute approximate surface area is 110 Å². The van der Waals surface area contributed by atoms with Crippen molar-refractivity contribution in [3.63, 3.8) is 0 Å². The Morgan fingerprint density at radius 2 is 2.05 bits per heavy atom. The number of ether oxygens (including phenoxy) is 2. The summed E-state index contributed by atoms with van der Waals surface area (Å²) in [4.78, 5) is 14.9. The maximum Gasteiger partial charge on any atom is 0.339 e. The van der Waals surface area contributed by atoms with Crippen molar-refractivity contribution in [3.8, 4) is 11.5 Å². The molecule has 1 heterocycles. The minimum atomic E-state index is -1.04. The number of carboxylic acids is 1. The lowest BCUT2D eigenvalue weighted by atomic mass is 10.2. The van der Waals surface area contributed by atoms with E-state index in [2.05, 4.69) is 4.98 Å². The van der Waals surface area contributed by atoms with E-state index < -0.39 is 5.97 Å². The van der Waals surface area contributed by atoms with Gasteiger partial charge in [0.1, 0.15) is 17.9 Å². The molecule has 0 aliphatic carbocycles. The second-order valence-electron chi connectivity index (χ2n) is 3.78. The highest BCUT2D eigenvalue weighted by molar-refractivity contribution is 5.90. The highest BCUT2D eigenvalue weighted by Crippen LogP contribution is 2.22. The van der Waals surface area contributed by atoms with E-state index in [1.54, 1.807) is 7.11 Å². The van der Waals surface area contributed by atoms with Gasteiger partial charge in [0.2, 0.25) is 0 Å². The van der Waals surface area contributed by atoms with E-state index in [0.717, 1.165) is 5.56 Å². The van der Waals surface area contributed by atoms with Gasteiger partial charge in [-0.1, -0.05) is 18.2 Å². The molecule has 2 aromatic rings. The van der Waals surface area contributed by atoms with Crippen molar-refractivity contribution in [2.45, 2.75) is 6.61 Å². The molecular formula is C14H13NO4. The SMILES string of the molecule is COc1ccccc1COc1cnccc1C(=O)O. The van der Waals surface area contributed by atoms with Gasteiger partial charge >= 0.3 is 5.97 Å². The number of carbonyl (C=O) groups is 1. The van der Waals surface area contributed by atoms with E-state index in [4.69, 9.17) is 14.6 Å². The summed E-state index contributed by atoms with van der Waals surface area (Å²) < 4.78 is 10.7. The molecule has 1 aromatic heterocycles. The fourth-order valence-electron chi connectivity index (χ4n) is 1.65. The molecule has 5 heteroatoms. The lowest BCUT2D eigenvalue weighted by molar-refractivity contribution is 0.0691. The first-order valence-electron chi connectivity index (χ1n) is 5.64. The maximum atomic E-state index is 11.0. The zero-order valence-electron chi connectivity index (χ0n) is 10.4. The molecule has 0 amide bonds. The predicted molar refractivity (Wildman–Crippen MR) is 68.5 cm³/mol. The van der Waals surface area contributed by atoms with Gasteiger partial charge in [-0.15, -0.1) is 0 Å². The summed E-state index contributed by atoms with van der Waals surface area (Å²) in [6.07, 6.45) is 2.80. The summed E-state index contributed by atoms with van der Waals surface area (Å²) in [6.45, 7) is 0.218. The van der Waals surface area contributed by atoms with Crippen LogP contribution < -0.4 is 9.47 Å². The summed E-state index contributed by atoms with van der Waals surface area (Å²) in [5.41, 5.74) is 0.926.